The predicted molar refractivity (Wildman–Crippen MR) is 86.4 cm³/mol. The van der Waals surface area contributed by atoms with Gasteiger partial charge in [0.05, 0.1) is 16.8 Å². The van der Waals surface area contributed by atoms with Crippen molar-refractivity contribution in [3.63, 3.8) is 0 Å². The van der Waals surface area contributed by atoms with E-state index in [9.17, 15) is 4.79 Å². The molecule has 1 aliphatic rings. The van der Waals surface area contributed by atoms with Crippen molar-refractivity contribution in [3.8, 4) is 0 Å². The van der Waals surface area contributed by atoms with Crippen LogP contribution in [0.2, 0.25) is 0 Å². The van der Waals surface area contributed by atoms with Gasteiger partial charge in [0.25, 0.3) is 0 Å². The zero-order valence-corrected chi connectivity index (χ0v) is 13.3. The lowest BCUT2D eigenvalue weighted by Gasteiger charge is -2.39. The summed E-state index contributed by atoms with van der Waals surface area (Å²) in [5, 5.41) is 0.821. The molecule has 21 heavy (non-hydrogen) atoms. The molecule has 1 amide bonds. The molecular weight excluding hydrogens is 282 g/mol. The Morgan fingerprint density at radius 3 is 2.76 bits per heavy atom. The van der Waals surface area contributed by atoms with E-state index in [2.05, 4.69) is 28.7 Å². The number of aromatic amines is 1. The summed E-state index contributed by atoms with van der Waals surface area (Å²) in [5.74, 6) is 0.675. The van der Waals surface area contributed by atoms with E-state index in [1.807, 2.05) is 24.3 Å². The van der Waals surface area contributed by atoms with Gasteiger partial charge in [-0.1, -0.05) is 23.9 Å². The summed E-state index contributed by atoms with van der Waals surface area (Å²) >= 11 is 1.49. The molecule has 0 bridgehead atoms. The molecular formula is C16H21N3OS. The third kappa shape index (κ3) is 3.07. The number of aromatic nitrogens is 2. The van der Waals surface area contributed by atoms with E-state index < -0.39 is 0 Å². The van der Waals surface area contributed by atoms with Crippen LogP contribution >= 0.6 is 11.8 Å². The standard InChI is InChI=1S/C16H21N3OS/c1-11-6-5-7-12(2)19(11)15(20)10-21-16-17-13-8-3-4-9-14(13)18-16/h3-4,8-9,11-12H,5-7,10H2,1-2H3,(H,17,18). The number of nitrogens with one attached hydrogen (secondary N) is 1. The van der Waals surface area contributed by atoms with Crippen LogP contribution in [0.3, 0.4) is 0 Å². The van der Waals surface area contributed by atoms with Crippen molar-refractivity contribution in [2.45, 2.75) is 50.4 Å². The van der Waals surface area contributed by atoms with Gasteiger partial charge >= 0.3 is 0 Å². The van der Waals surface area contributed by atoms with Crippen molar-refractivity contribution in [2.75, 3.05) is 5.75 Å². The molecule has 0 saturated carbocycles. The maximum atomic E-state index is 12.5. The van der Waals surface area contributed by atoms with Gasteiger partial charge in [-0.25, -0.2) is 4.98 Å². The summed E-state index contributed by atoms with van der Waals surface area (Å²) in [6.45, 7) is 4.30. The number of imidazole rings is 1. The lowest BCUT2D eigenvalue weighted by atomic mass is 9.98. The molecule has 2 aromatic rings. The van der Waals surface area contributed by atoms with E-state index in [0.717, 1.165) is 29.0 Å². The van der Waals surface area contributed by atoms with Crippen LogP contribution < -0.4 is 0 Å². The van der Waals surface area contributed by atoms with Crippen LogP contribution in [0.5, 0.6) is 0 Å². The van der Waals surface area contributed by atoms with Gasteiger partial charge in [-0.3, -0.25) is 4.79 Å². The number of H-pyrrole nitrogens is 1. The van der Waals surface area contributed by atoms with E-state index in [-0.39, 0.29) is 5.91 Å². The van der Waals surface area contributed by atoms with Gasteiger partial charge < -0.3 is 9.88 Å². The molecule has 2 unspecified atom stereocenters. The Labute approximate surface area is 129 Å². The Bertz CT molecular complexity index is 596. The number of nitrogens with zero attached hydrogens (tertiary/aromatic N) is 2. The summed E-state index contributed by atoms with van der Waals surface area (Å²) in [5.41, 5.74) is 1.97. The monoisotopic (exact) mass is 303 g/mol. The molecule has 3 rings (SSSR count). The van der Waals surface area contributed by atoms with Crippen LogP contribution in [0.4, 0.5) is 0 Å². The SMILES string of the molecule is CC1CCCC(C)N1C(=O)CSc1nc2ccccc2[nH]1. The van der Waals surface area contributed by atoms with Crippen molar-refractivity contribution in [3.05, 3.63) is 24.3 Å². The van der Waals surface area contributed by atoms with Crippen LogP contribution in [0.25, 0.3) is 11.0 Å². The average molecular weight is 303 g/mol. The fourth-order valence-corrected chi connectivity index (χ4v) is 3.87. The zero-order valence-electron chi connectivity index (χ0n) is 12.5. The number of piperidine rings is 1. The van der Waals surface area contributed by atoms with Crippen LogP contribution in [-0.2, 0) is 4.79 Å². The van der Waals surface area contributed by atoms with E-state index >= 15 is 0 Å². The highest BCUT2D eigenvalue weighted by Crippen LogP contribution is 2.25. The Morgan fingerprint density at radius 1 is 1.33 bits per heavy atom. The Hall–Kier alpha value is -1.49. The topological polar surface area (TPSA) is 49.0 Å². The normalized spacial score (nSPS) is 22.7. The second kappa shape index (κ2) is 6.10. The number of carbonyl (C=O) groups excluding carboxylic acids is 1. The number of fused-ring (bicyclic) bond motifs is 1. The minimum Gasteiger partial charge on any atom is -0.337 e. The van der Waals surface area contributed by atoms with E-state index in [1.54, 1.807) is 0 Å². The summed E-state index contributed by atoms with van der Waals surface area (Å²) in [4.78, 5) is 22.3. The minimum atomic E-state index is 0.222. The lowest BCUT2D eigenvalue weighted by molar-refractivity contribution is -0.134. The van der Waals surface area contributed by atoms with Crippen molar-refractivity contribution in [2.24, 2.45) is 0 Å². The number of carbonyl (C=O) groups is 1. The van der Waals surface area contributed by atoms with Gasteiger partial charge in [-0.2, -0.15) is 0 Å². The van der Waals surface area contributed by atoms with Crippen LogP contribution in [0.1, 0.15) is 33.1 Å². The molecule has 112 valence electrons. The number of amides is 1. The lowest BCUT2D eigenvalue weighted by Crippen LogP contribution is -2.48. The Balaban J connectivity index is 1.65. The first-order valence-corrected chi connectivity index (χ1v) is 8.52. The first-order chi connectivity index (χ1) is 10.1. The number of benzene rings is 1. The molecule has 4 nitrogen and oxygen atoms in total. The van der Waals surface area contributed by atoms with Gasteiger partial charge in [0.1, 0.15) is 0 Å². The van der Waals surface area contributed by atoms with Crippen molar-refractivity contribution < 1.29 is 4.79 Å². The van der Waals surface area contributed by atoms with Crippen LogP contribution in [-0.4, -0.2) is 38.6 Å². The molecule has 1 aromatic heterocycles. The molecule has 1 aromatic carbocycles. The third-order valence-corrected chi connectivity index (χ3v) is 5.04. The number of likely N-dealkylation sites (tertiary alicyclic amines) is 1. The summed E-state index contributed by atoms with van der Waals surface area (Å²) < 4.78 is 0. The van der Waals surface area contributed by atoms with E-state index in [0.29, 0.717) is 17.8 Å². The molecule has 1 N–H and O–H groups in total. The predicted octanol–water partition coefficient (Wildman–Crippen LogP) is 3.44. The minimum absolute atomic E-state index is 0.222. The molecule has 1 saturated heterocycles. The fourth-order valence-electron chi connectivity index (χ4n) is 3.12. The third-order valence-electron chi connectivity index (χ3n) is 4.18. The molecule has 1 fully saturated rings. The smallest absolute Gasteiger partial charge is 0.233 e. The maximum absolute atomic E-state index is 12.5. The molecule has 0 spiro atoms. The van der Waals surface area contributed by atoms with E-state index in [4.69, 9.17) is 0 Å². The molecule has 1 aliphatic heterocycles. The highest BCUT2D eigenvalue weighted by Gasteiger charge is 2.28. The number of hydrogen-bond donors (Lipinski definition) is 1. The Kier molecular flexibility index (Phi) is 4.19. The Morgan fingerprint density at radius 2 is 2.05 bits per heavy atom. The van der Waals surface area contributed by atoms with Crippen LogP contribution in [0, 0.1) is 0 Å². The first kappa shape index (κ1) is 14.4. The highest BCUT2D eigenvalue weighted by molar-refractivity contribution is 7.99. The number of hydrogen-bond acceptors (Lipinski definition) is 3. The summed E-state index contributed by atoms with van der Waals surface area (Å²) in [7, 11) is 0. The van der Waals surface area contributed by atoms with Crippen molar-refractivity contribution in [1.82, 2.24) is 14.9 Å². The van der Waals surface area contributed by atoms with Crippen LogP contribution in [0.15, 0.2) is 29.4 Å². The number of para-hydroxylation sites is 2. The van der Waals surface area contributed by atoms with Gasteiger partial charge in [0, 0.05) is 12.1 Å². The van der Waals surface area contributed by atoms with Crippen molar-refractivity contribution in [1.29, 1.82) is 0 Å². The molecule has 2 heterocycles. The van der Waals surface area contributed by atoms with E-state index in [1.165, 1.54) is 18.2 Å². The quantitative estimate of drug-likeness (QED) is 0.884. The molecule has 0 radical (unpaired) electrons. The molecule has 5 heteroatoms. The first-order valence-electron chi connectivity index (χ1n) is 7.54. The fraction of sp³-hybridized carbons (Fsp3) is 0.500. The maximum Gasteiger partial charge on any atom is 0.233 e. The van der Waals surface area contributed by atoms with Gasteiger partial charge in [-0.15, -0.1) is 0 Å². The summed E-state index contributed by atoms with van der Waals surface area (Å²) in [6.07, 6.45) is 3.46. The van der Waals surface area contributed by atoms with Gasteiger partial charge in [-0.05, 0) is 45.2 Å². The highest BCUT2D eigenvalue weighted by atomic mass is 32.2. The molecule has 2 atom stereocenters. The second-order valence-electron chi connectivity index (χ2n) is 5.78. The largest absolute Gasteiger partial charge is 0.337 e. The average Bonchev–Trinajstić information content (AvgIpc) is 2.87. The number of rotatable bonds is 3. The summed E-state index contributed by atoms with van der Waals surface area (Å²) in [6, 6.07) is 8.65. The zero-order chi connectivity index (χ0) is 14.8. The number of thioether (sulfide) groups is 1. The molecule has 0 aliphatic carbocycles. The van der Waals surface area contributed by atoms with Crippen molar-refractivity contribution >= 4 is 28.7 Å². The second-order valence-corrected chi connectivity index (χ2v) is 6.74. The van der Waals surface area contributed by atoms with Gasteiger partial charge in [0.15, 0.2) is 5.16 Å². The van der Waals surface area contributed by atoms with Gasteiger partial charge in [0.2, 0.25) is 5.91 Å².